The van der Waals surface area contributed by atoms with E-state index >= 15 is 0 Å². The molecule has 0 aliphatic rings. The number of hydrogen-bond donors (Lipinski definition) is 0. The summed E-state index contributed by atoms with van der Waals surface area (Å²) in [6, 6.07) is 9.64. The van der Waals surface area contributed by atoms with Crippen LogP contribution in [0.15, 0.2) is 30.3 Å². The zero-order chi connectivity index (χ0) is 9.26. The van der Waals surface area contributed by atoms with E-state index in [-0.39, 0.29) is 0 Å². The van der Waals surface area contributed by atoms with Crippen molar-refractivity contribution in [2.45, 2.75) is 5.88 Å². The predicted molar refractivity (Wildman–Crippen MR) is 56.3 cm³/mol. The van der Waals surface area contributed by atoms with Crippen LogP contribution in [0.5, 0.6) is 0 Å². The number of benzene rings is 1. The molecule has 0 saturated carbocycles. The summed E-state index contributed by atoms with van der Waals surface area (Å²) in [4.78, 5) is 4.23. The molecule has 0 aliphatic carbocycles. The van der Waals surface area contributed by atoms with Crippen LogP contribution in [0.1, 0.15) is 5.56 Å². The van der Waals surface area contributed by atoms with E-state index in [1.165, 1.54) is 0 Å². The maximum atomic E-state index is 5.79. The molecule has 0 amide bonds. The SMILES string of the molecule is ClCc1cccc2ccc(Cl)nc12. The second-order valence-electron chi connectivity index (χ2n) is 2.76. The molecule has 66 valence electrons. The average Bonchev–Trinajstić information content (AvgIpc) is 2.17. The Bertz CT molecular complexity index is 440. The van der Waals surface area contributed by atoms with Crippen LogP contribution in [0.4, 0.5) is 0 Å². The van der Waals surface area contributed by atoms with Gasteiger partial charge in [0, 0.05) is 11.3 Å². The fourth-order valence-electron chi connectivity index (χ4n) is 1.29. The topological polar surface area (TPSA) is 12.9 Å². The Kier molecular flexibility index (Phi) is 2.38. The van der Waals surface area contributed by atoms with E-state index in [0.717, 1.165) is 16.5 Å². The maximum Gasteiger partial charge on any atom is 0.129 e. The summed E-state index contributed by atoms with van der Waals surface area (Å²) in [6.07, 6.45) is 0. The molecule has 0 bridgehead atoms. The van der Waals surface area contributed by atoms with Crippen LogP contribution in [0, 0.1) is 0 Å². The minimum Gasteiger partial charge on any atom is -0.236 e. The third-order valence-corrected chi connectivity index (χ3v) is 2.41. The Morgan fingerprint density at radius 1 is 1.15 bits per heavy atom. The monoisotopic (exact) mass is 211 g/mol. The molecule has 0 atom stereocenters. The largest absolute Gasteiger partial charge is 0.236 e. The minimum absolute atomic E-state index is 0.463. The molecule has 2 rings (SSSR count). The normalized spacial score (nSPS) is 10.6. The van der Waals surface area contributed by atoms with Crippen molar-refractivity contribution in [2.75, 3.05) is 0 Å². The molecule has 0 saturated heterocycles. The number of fused-ring (bicyclic) bond motifs is 1. The fraction of sp³-hybridized carbons (Fsp3) is 0.100. The lowest BCUT2D eigenvalue weighted by Gasteiger charge is -2.01. The van der Waals surface area contributed by atoms with E-state index in [0.29, 0.717) is 11.0 Å². The van der Waals surface area contributed by atoms with Gasteiger partial charge in [0.15, 0.2) is 0 Å². The quantitative estimate of drug-likeness (QED) is 0.519. The molecule has 1 aromatic heterocycles. The molecule has 0 aliphatic heterocycles. The van der Waals surface area contributed by atoms with Gasteiger partial charge in [0.25, 0.3) is 0 Å². The van der Waals surface area contributed by atoms with Crippen molar-refractivity contribution < 1.29 is 0 Å². The van der Waals surface area contributed by atoms with Crippen molar-refractivity contribution >= 4 is 34.1 Å². The minimum atomic E-state index is 0.463. The maximum absolute atomic E-state index is 5.79. The third-order valence-electron chi connectivity index (χ3n) is 1.91. The van der Waals surface area contributed by atoms with Gasteiger partial charge in [-0.15, -0.1) is 11.6 Å². The number of aromatic nitrogens is 1. The summed E-state index contributed by atoms with van der Waals surface area (Å²) in [6.45, 7) is 0. The Morgan fingerprint density at radius 3 is 2.77 bits per heavy atom. The highest BCUT2D eigenvalue weighted by molar-refractivity contribution is 6.29. The summed E-state index contributed by atoms with van der Waals surface area (Å²) >= 11 is 11.6. The molecule has 0 spiro atoms. The van der Waals surface area contributed by atoms with Crippen LogP contribution in [0.2, 0.25) is 5.15 Å². The molecular formula is C10H7Cl2N. The van der Waals surface area contributed by atoms with Gasteiger partial charge in [-0.25, -0.2) is 4.98 Å². The van der Waals surface area contributed by atoms with Gasteiger partial charge >= 0.3 is 0 Å². The van der Waals surface area contributed by atoms with Crippen LogP contribution in [0.3, 0.4) is 0 Å². The molecule has 2 aromatic rings. The number of nitrogens with zero attached hydrogens (tertiary/aromatic N) is 1. The lowest BCUT2D eigenvalue weighted by atomic mass is 10.1. The van der Waals surface area contributed by atoms with Crippen molar-refractivity contribution in [2.24, 2.45) is 0 Å². The van der Waals surface area contributed by atoms with Gasteiger partial charge < -0.3 is 0 Å². The molecule has 0 radical (unpaired) electrons. The van der Waals surface area contributed by atoms with Crippen LogP contribution < -0.4 is 0 Å². The van der Waals surface area contributed by atoms with Gasteiger partial charge in [-0.2, -0.15) is 0 Å². The van der Waals surface area contributed by atoms with Crippen molar-refractivity contribution in [1.82, 2.24) is 4.98 Å². The molecule has 3 heteroatoms. The Morgan fingerprint density at radius 2 is 2.00 bits per heavy atom. The Balaban J connectivity index is 2.79. The highest BCUT2D eigenvalue weighted by Crippen LogP contribution is 2.20. The average molecular weight is 212 g/mol. The Hall–Kier alpha value is -0.790. The van der Waals surface area contributed by atoms with Crippen molar-refractivity contribution in [1.29, 1.82) is 0 Å². The Labute approximate surface area is 86.3 Å². The first-order valence-electron chi connectivity index (χ1n) is 3.91. The fourth-order valence-corrected chi connectivity index (χ4v) is 1.66. The zero-order valence-electron chi connectivity index (χ0n) is 6.80. The summed E-state index contributed by atoms with van der Waals surface area (Å²) in [5.74, 6) is 0.463. The lowest BCUT2D eigenvalue weighted by molar-refractivity contribution is 1.34. The molecule has 0 unspecified atom stereocenters. The highest BCUT2D eigenvalue weighted by Gasteiger charge is 2.01. The first-order valence-corrected chi connectivity index (χ1v) is 4.82. The van der Waals surface area contributed by atoms with E-state index in [4.69, 9.17) is 23.2 Å². The number of para-hydroxylation sites is 1. The van der Waals surface area contributed by atoms with Crippen LogP contribution >= 0.6 is 23.2 Å². The number of pyridine rings is 1. The van der Waals surface area contributed by atoms with E-state index in [9.17, 15) is 0 Å². The standard InChI is InChI=1S/C10H7Cl2N/c11-6-8-3-1-2-7-4-5-9(12)13-10(7)8/h1-5H,6H2. The molecule has 1 aromatic carbocycles. The third kappa shape index (κ3) is 1.62. The first-order chi connectivity index (χ1) is 6.31. The number of hydrogen-bond acceptors (Lipinski definition) is 1. The highest BCUT2D eigenvalue weighted by atomic mass is 35.5. The molecule has 13 heavy (non-hydrogen) atoms. The van der Waals surface area contributed by atoms with E-state index in [1.807, 2.05) is 24.3 Å². The molecule has 1 nitrogen and oxygen atoms in total. The summed E-state index contributed by atoms with van der Waals surface area (Å²) in [7, 11) is 0. The second-order valence-corrected chi connectivity index (χ2v) is 3.41. The van der Waals surface area contributed by atoms with Crippen molar-refractivity contribution in [3.8, 4) is 0 Å². The number of rotatable bonds is 1. The first kappa shape index (κ1) is 8.79. The smallest absolute Gasteiger partial charge is 0.129 e. The number of halogens is 2. The summed E-state index contributed by atoms with van der Waals surface area (Å²) in [5, 5.41) is 1.58. The predicted octanol–water partition coefficient (Wildman–Crippen LogP) is 3.63. The van der Waals surface area contributed by atoms with Crippen LogP contribution in [0.25, 0.3) is 10.9 Å². The van der Waals surface area contributed by atoms with Gasteiger partial charge in [-0.05, 0) is 17.7 Å². The van der Waals surface area contributed by atoms with Crippen LogP contribution in [-0.2, 0) is 5.88 Å². The van der Waals surface area contributed by atoms with Gasteiger partial charge in [-0.1, -0.05) is 29.8 Å². The van der Waals surface area contributed by atoms with Gasteiger partial charge in [0.2, 0.25) is 0 Å². The second kappa shape index (κ2) is 3.52. The van der Waals surface area contributed by atoms with E-state index < -0.39 is 0 Å². The molecule has 0 N–H and O–H groups in total. The summed E-state index contributed by atoms with van der Waals surface area (Å²) in [5.41, 5.74) is 1.91. The molecule has 1 heterocycles. The summed E-state index contributed by atoms with van der Waals surface area (Å²) < 4.78 is 0. The van der Waals surface area contributed by atoms with Gasteiger partial charge in [0.1, 0.15) is 5.15 Å². The van der Waals surface area contributed by atoms with Crippen molar-refractivity contribution in [3.05, 3.63) is 41.0 Å². The molecule has 0 fully saturated rings. The van der Waals surface area contributed by atoms with Crippen molar-refractivity contribution in [3.63, 3.8) is 0 Å². The zero-order valence-corrected chi connectivity index (χ0v) is 8.31. The number of alkyl halides is 1. The van der Waals surface area contributed by atoms with Gasteiger partial charge in [0.05, 0.1) is 5.52 Å². The molecular weight excluding hydrogens is 205 g/mol. The van der Waals surface area contributed by atoms with E-state index in [1.54, 1.807) is 6.07 Å². The van der Waals surface area contributed by atoms with Crippen LogP contribution in [-0.4, -0.2) is 4.98 Å². The van der Waals surface area contributed by atoms with E-state index in [2.05, 4.69) is 4.98 Å². The van der Waals surface area contributed by atoms with Gasteiger partial charge in [-0.3, -0.25) is 0 Å². The lowest BCUT2D eigenvalue weighted by Crippen LogP contribution is -1.85.